The molecule has 3 N–H and O–H groups in total. The highest BCUT2D eigenvalue weighted by molar-refractivity contribution is 4.49. The van der Waals surface area contributed by atoms with Crippen molar-refractivity contribution in [2.75, 3.05) is 46.8 Å². The minimum Gasteiger partial charge on any atom is -0.394 e. The molecule has 0 saturated carbocycles. The Morgan fingerprint density at radius 3 is 1.82 bits per heavy atom. The summed E-state index contributed by atoms with van der Waals surface area (Å²) < 4.78 is 14.7. The van der Waals surface area contributed by atoms with Crippen molar-refractivity contribution >= 4 is 0 Å². The van der Waals surface area contributed by atoms with E-state index in [-0.39, 0.29) is 32.0 Å². The fourth-order valence-corrected chi connectivity index (χ4v) is 0.652. The molecule has 0 radical (unpaired) electrons. The molecule has 6 heteroatoms. The van der Waals surface area contributed by atoms with Crippen LogP contribution in [-0.2, 0) is 14.2 Å². The zero-order chi connectivity index (χ0) is 13.5. The van der Waals surface area contributed by atoms with E-state index in [1.165, 1.54) is 0 Å². The molecular formula is C11H26O6. The van der Waals surface area contributed by atoms with Gasteiger partial charge in [0, 0.05) is 7.11 Å². The van der Waals surface area contributed by atoms with Gasteiger partial charge in [-0.1, -0.05) is 0 Å². The Kier molecular flexibility index (Phi) is 17.7. The van der Waals surface area contributed by atoms with Crippen LogP contribution in [0.25, 0.3) is 0 Å². The minimum atomic E-state index is -0.0856. The first-order chi connectivity index (χ1) is 8.12. The largest absolute Gasteiger partial charge is 0.394 e. The normalized spacial score (nSPS) is 13.8. The molecule has 0 bridgehead atoms. The molecule has 0 aromatic carbocycles. The third-order valence-electron chi connectivity index (χ3n) is 1.75. The SMILES string of the molecule is COC(C)COC(C)CO.OCCOCCO. The maximum absolute atomic E-state index is 8.55. The van der Waals surface area contributed by atoms with Crippen LogP contribution in [0, 0.1) is 0 Å². The highest BCUT2D eigenvalue weighted by atomic mass is 16.5. The molecule has 0 rings (SSSR count). The fraction of sp³-hybridized carbons (Fsp3) is 1.00. The maximum Gasteiger partial charge on any atom is 0.0779 e. The number of aliphatic hydroxyl groups excluding tert-OH is 3. The first-order valence-electron chi connectivity index (χ1n) is 5.67. The molecule has 17 heavy (non-hydrogen) atoms. The molecule has 0 aliphatic heterocycles. The molecule has 0 amide bonds. The monoisotopic (exact) mass is 254 g/mol. The van der Waals surface area contributed by atoms with Gasteiger partial charge in [-0.2, -0.15) is 0 Å². The Morgan fingerprint density at radius 1 is 0.941 bits per heavy atom. The predicted octanol–water partition coefficient (Wildman–Crippen LogP) is -0.594. The van der Waals surface area contributed by atoms with E-state index in [2.05, 4.69) is 4.74 Å². The zero-order valence-electron chi connectivity index (χ0n) is 11.0. The predicted molar refractivity (Wildman–Crippen MR) is 64.0 cm³/mol. The van der Waals surface area contributed by atoms with Gasteiger partial charge in [0.15, 0.2) is 0 Å². The third-order valence-corrected chi connectivity index (χ3v) is 1.75. The summed E-state index contributed by atoms with van der Waals surface area (Å²) in [5.74, 6) is 0. The summed E-state index contributed by atoms with van der Waals surface area (Å²) in [5.41, 5.74) is 0. The van der Waals surface area contributed by atoms with Gasteiger partial charge in [-0.15, -0.1) is 0 Å². The number of methoxy groups -OCH3 is 1. The molecule has 2 unspecified atom stereocenters. The van der Waals surface area contributed by atoms with Crippen molar-refractivity contribution < 1.29 is 29.5 Å². The first kappa shape index (κ1) is 19.1. The van der Waals surface area contributed by atoms with Crippen molar-refractivity contribution in [3.05, 3.63) is 0 Å². The zero-order valence-corrected chi connectivity index (χ0v) is 11.0. The van der Waals surface area contributed by atoms with Gasteiger partial charge in [0.05, 0.1) is 51.8 Å². The smallest absolute Gasteiger partial charge is 0.0779 e. The topological polar surface area (TPSA) is 88.4 Å². The highest BCUT2D eigenvalue weighted by Crippen LogP contribution is 1.93. The maximum atomic E-state index is 8.55. The molecule has 0 fully saturated rings. The summed E-state index contributed by atoms with van der Waals surface area (Å²) >= 11 is 0. The van der Waals surface area contributed by atoms with Crippen LogP contribution >= 0.6 is 0 Å². The second-order valence-corrected chi connectivity index (χ2v) is 3.43. The van der Waals surface area contributed by atoms with E-state index >= 15 is 0 Å². The summed E-state index contributed by atoms with van der Waals surface area (Å²) in [6.45, 7) is 5.04. The molecule has 0 aromatic heterocycles. The van der Waals surface area contributed by atoms with Crippen LogP contribution in [-0.4, -0.2) is 74.3 Å². The van der Waals surface area contributed by atoms with Gasteiger partial charge in [0.25, 0.3) is 0 Å². The van der Waals surface area contributed by atoms with Crippen LogP contribution in [0.15, 0.2) is 0 Å². The van der Waals surface area contributed by atoms with E-state index in [4.69, 9.17) is 24.8 Å². The number of rotatable bonds is 9. The summed E-state index contributed by atoms with van der Waals surface area (Å²) in [5, 5.41) is 24.7. The molecule has 0 heterocycles. The van der Waals surface area contributed by atoms with Crippen molar-refractivity contribution in [1.82, 2.24) is 0 Å². The quantitative estimate of drug-likeness (QED) is 0.476. The summed E-state index contributed by atoms with van der Waals surface area (Å²) in [6.07, 6.45) is 0.0200. The van der Waals surface area contributed by atoms with Crippen LogP contribution in [0.4, 0.5) is 0 Å². The van der Waals surface area contributed by atoms with Gasteiger partial charge in [0.2, 0.25) is 0 Å². The van der Waals surface area contributed by atoms with Gasteiger partial charge in [-0.25, -0.2) is 0 Å². The molecule has 0 spiro atoms. The van der Waals surface area contributed by atoms with Crippen molar-refractivity contribution in [3.63, 3.8) is 0 Å². The molecule has 2 atom stereocenters. The van der Waals surface area contributed by atoms with Crippen LogP contribution < -0.4 is 0 Å². The van der Waals surface area contributed by atoms with E-state index in [1.807, 2.05) is 13.8 Å². The lowest BCUT2D eigenvalue weighted by molar-refractivity contribution is -0.0313. The minimum absolute atomic E-state index is 0.0278. The summed E-state index contributed by atoms with van der Waals surface area (Å²) in [4.78, 5) is 0. The average molecular weight is 254 g/mol. The lowest BCUT2D eigenvalue weighted by Gasteiger charge is -2.13. The highest BCUT2D eigenvalue weighted by Gasteiger charge is 2.03. The standard InChI is InChI=1S/C7H16O3.C4H10O3/c1-6(4-8)10-5-7(2)9-3;5-1-3-7-4-2-6/h6-8H,4-5H2,1-3H3;5-6H,1-4H2. The van der Waals surface area contributed by atoms with Crippen molar-refractivity contribution in [1.29, 1.82) is 0 Å². The van der Waals surface area contributed by atoms with Crippen LogP contribution in [0.5, 0.6) is 0 Å². The first-order valence-corrected chi connectivity index (χ1v) is 5.67. The third kappa shape index (κ3) is 18.3. The van der Waals surface area contributed by atoms with Gasteiger partial charge in [0.1, 0.15) is 0 Å². The number of ether oxygens (including phenoxy) is 3. The Balaban J connectivity index is 0. The summed E-state index contributed by atoms with van der Waals surface area (Å²) in [6, 6.07) is 0. The Morgan fingerprint density at radius 2 is 1.47 bits per heavy atom. The van der Waals surface area contributed by atoms with E-state index in [0.717, 1.165) is 0 Å². The lowest BCUT2D eigenvalue weighted by Crippen LogP contribution is -2.21. The van der Waals surface area contributed by atoms with Gasteiger partial charge < -0.3 is 29.5 Å². The van der Waals surface area contributed by atoms with Crippen molar-refractivity contribution in [2.45, 2.75) is 26.1 Å². The van der Waals surface area contributed by atoms with Crippen molar-refractivity contribution in [3.8, 4) is 0 Å². The van der Waals surface area contributed by atoms with Gasteiger partial charge in [-0.3, -0.25) is 0 Å². The van der Waals surface area contributed by atoms with E-state index in [0.29, 0.717) is 19.8 Å². The lowest BCUT2D eigenvalue weighted by atomic mass is 10.4. The second kappa shape index (κ2) is 15.8. The fourth-order valence-electron chi connectivity index (χ4n) is 0.652. The Labute approximate surface area is 103 Å². The molecule has 0 aliphatic rings. The van der Waals surface area contributed by atoms with Gasteiger partial charge >= 0.3 is 0 Å². The number of hydrogen-bond acceptors (Lipinski definition) is 6. The number of hydrogen-bond donors (Lipinski definition) is 3. The van der Waals surface area contributed by atoms with Crippen molar-refractivity contribution in [2.24, 2.45) is 0 Å². The average Bonchev–Trinajstić information content (AvgIpc) is 2.36. The van der Waals surface area contributed by atoms with Gasteiger partial charge in [-0.05, 0) is 13.8 Å². The van der Waals surface area contributed by atoms with E-state index in [9.17, 15) is 0 Å². The van der Waals surface area contributed by atoms with E-state index in [1.54, 1.807) is 7.11 Å². The molecule has 0 aromatic rings. The summed E-state index contributed by atoms with van der Waals surface area (Å²) in [7, 11) is 1.64. The number of aliphatic hydroxyl groups is 3. The molecule has 0 aliphatic carbocycles. The Hall–Kier alpha value is -0.240. The van der Waals surface area contributed by atoms with Crippen LogP contribution in [0.3, 0.4) is 0 Å². The molecule has 106 valence electrons. The molecular weight excluding hydrogens is 228 g/mol. The second-order valence-electron chi connectivity index (χ2n) is 3.43. The van der Waals surface area contributed by atoms with Crippen LogP contribution in [0.1, 0.15) is 13.8 Å². The van der Waals surface area contributed by atoms with E-state index < -0.39 is 0 Å². The molecule has 6 nitrogen and oxygen atoms in total. The van der Waals surface area contributed by atoms with Crippen LogP contribution in [0.2, 0.25) is 0 Å². The Bertz CT molecular complexity index is 119. The molecule has 0 saturated heterocycles.